The van der Waals surface area contributed by atoms with Crippen molar-refractivity contribution in [3.05, 3.63) is 0 Å². The first kappa shape index (κ1) is 67.7. The van der Waals surface area contributed by atoms with Crippen molar-refractivity contribution in [1.29, 1.82) is 0 Å². The van der Waals surface area contributed by atoms with Gasteiger partial charge in [0.15, 0.2) is 0 Å². The number of esters is 4. The van der Waals surface area contributed by atoms with Gasteiger partial charge < -0.3 is 45.1 Å². The van der Waals surface area contributed by atoms with Crippen molar-refractivity contribution >= 4 is 35.8 Å². The van der Waals surface area contributed by atoms with E-state index >= 15 is 0 Å². The number of aliphatic hydroxyl groups excluding tert-OH is 2. The van der Waals surface area contributed by atoms with E-state index in [0.717, 1.165) is 193 Å². The van der Waals surface area contributed by atoms with Crippen LogP contribution in [0.4, 0.5) is 0 Å². The Morgan fingerprint density at radius 2 is 0.690 bits per heavy atom. The maximum Gasteiger partial charge on any atom is 0.320 e. The van der Waals surface area contributed by atoms with Crippen molar-refractivity contribution in [1.82, 2.24) is 0 Å². The molecule has 0 heterocycles. The fourth-order valence-corrected chi connectivity index (χ4v) is 8.61. The minimum atomic E-state index is -1.15. The quantitative estimate of drug-likeness (QED) is 0.0216. The number of nitrogens with two attached hydrogens (primary N) is 1. The number of carbonyl (C=O) groups excluding carboxylic acids is 4. The molecule has 0 bridgehead atoms. The van der Waals surface area contributed by atoms with Crippen molar-refractivity contribution in [2.24, 2.45) is 5.73 Å². The summed E-state index contributed by atoms with van der Waals surface area (Å²) in [6.45, 7) is 5.16. The average molecular weight is 1010 g/mol. The van der Waals surface area contributed by atoms with E-state index in [9.17, 15) is 39.0 Å². The van der Waals surface area contributed by atoms with Gasteiger partial charge >= 0.3 is 35.8 Å². The Morgan fingerprint density at radius 3 is 1.08 bits per heavy atom. The molecule has 0 rings (SSSR count). The summed E-state index contributed by atoms with van der Waals surface area (Å²) in [5.74, 6) is -3.26. The molecule has 0 aromatic heterocycles. The monoisotopic (exact) mass is 1010 g/mol. The molecule has 0 amide bonds. The third-order valence-corrected chi connectivity index (χ3v) is 13.2. The van der Waals surface area contributed by atoms with Crippen LogP contribution < -0.4 is 5.73 Å². The number of rotatable bonds is 53. The number of unbranched alkanes of at least 4 members (excludes halogenated alkanes) is 25. The van der Waals surface area contributed by atoms with Gasteiger partial charge in [0.1, 0.15) is 18.2 Å². The molecular weight excluding hydrogens is 911 g/mol. The summed E-state index contributed by atoms with van der Waals surface area (Å²) in [5, 5.41) is 39.2. The van der Waals surface area contributed by atoms with Crippen molar-refractivity contribution in [2.45, 2.75) is 308 Å². The predicted octanol–water partition coefficient (Wildman–Crippen LogP) is 12.1. The third kappa shape index (κ3) is 45.1. The molecule has 0 fully saturated rings. The summed E-state index contributed by atoms with van der Waals surface area (Å²) in [6.07, 6.45) is 31.2. The number of carboxylic acid groups (broad SMARTS) is 2. The highest BCUT2D eigenvalue weighted by molar-refractivity contribution is 5.75. The predicted molar refractivity (Wildman–Crippen MR) is 278 cm³/mol. The number of hydrogen-bond acceptors (Lipinski definition) is 13. The Balaban J connectivity index is 3.73. The van der Waals surface area contributed by atoms with E-state index < -0.39 is 54.3 Å². The molecule has 0 aromatic rings. The van der Waals surface area contributed by atoms with Crippen LogP contribution in [0.5, 0.6) is 0 Å². The average Bonchev–Trinajstić information content (AvgIpc) is 3.33. The van der Waals surface area contributed by atoms with Crippen LogP contribution in [0.3, 0.4) is 0 Å². The highest BCUT2D eigenvalue weighted by Gasteiger charge is 2.25. The Morgan fingerprint density at radius 1 is 0.366 bits per heavy atom. The molecule has 416 valence electrons. The van der Waals surface area contributed by atoms with Crippen molar-refractivity contribution in [3.63, 3.8) is 0 Å². The largest absolute Gasteiger partial charge is 0.481 e. The lowest BCUT2D eigenvalue weighted by Gasteiger charge is -2.23. The molecule has 0 aromatic carbocycles. The van der Waals surface area contributed by atoms with Crippen LogP contribution in [0.25, 0.3) is 0 Å². The standard InChI is InChI=1S/C56H103NO14/c1-3-5-25-34-47(58)50(71-55(65)43-42-46(57)56(66)67)37-28-20-14-8-10-16-22-30-40-53(63)69-45-32-24-18-12-11-17-23-31-44-68-52(62)39-29-21-15-9-7-13-19-27-35-48(59)49(36-26-6-4-2)70-54(64)41-33-38-51(60)61/h46-50,58-59H,3-45,57H2,1-2H3,(H,60,61)(H,66,67)/t46-,47?,48?,49?,50?/m0/s1. The second kappa shape index (κ2) is 48.9. The molecule has 0 aliphatic carbocycles. The Kier molecular flexibility index (Phi) is 46.7. The molecular formula is C56H103NO14. The molecule has 4 unspecified atom stereocenters. The first-order valence-corrected chi connectivity index (χ1v) is 28.6. The van der Waals surface area contributed by atoms with Gasteiger partial charge in [-0.25, -0.2) is 0 Å². The maximum absolute atomic E-state index is 12.3. The molecule has 0 spiro atoms. The van der Waals surface area contributed by atoms with E-state index in [4.69, 9.17) is 34.9 Å². The summed E-state index contributed by atoms with van der Waals surface area (Å²) >= 11 is 0. The lowest BCUT2D eigenvalue weighted by molar-refractivity contribution is -0.157. The van der Waals surface area contributed by atoms with E-state index in [1.165, 1.54) is 0 Å². The summed E-state index contributed by atoms with van der Waals surface area (Å²) in [5.41, 5.74) is 5.51. The molecule has 71 heavy (non-hydrogen) atoms. The van der Waals surface area contributed by atoms with Crippen LogP contribution in [0.1, 0.15) is 277 Å². The zero-order valence-corrected chi connectivity index (χ0v) is 44.7. The van der Waals surface area contributed by atoms with Crippen LogP contribution in [-0.4, -0.2) is 99.9 Å². The van der Waals surface area contributed by atoms with E-state index in [1.54, 1.807) is 0 Å². The number of carbonyl (C=O) groups is 6. The van der Waals surface area contributed by atoms with Crippen molar-refractivity contribution in [2.75, 3.05) is 13.2 Å². The molecule has 6 N–H and O–H groups in total. The van der Waals surface area contributed by atoms with Gasteiger partial charge in [-0.1, -0.05) is 168 Å². The van der Waals surface area contributed by atoms with E-state index in [1.807, 2.05) is 0 Å². The first-order valence-electron chi connectivity index (χ1n) is 28.6. The van der Waals surface area contributed by atoms with Crippen LogP contribution in [0.15, 0.2) is 0 Å². The fourth-order valence-electron chi connectivity index (χ4n) is 8.61. The highest BCUT2D eigenvalue weighted by atomic mass is 16.6. The fraction of sp³-hybridized carbons (Fsp3) is 0.893. The SMILES string of the molecule is CCCCCC(O)C(CCCCCCCCCCC(=O)OCCCCCCCCCCOC(=O)CCCCCCCCCCC(O)C(CCCCC)OC(=O)CCCC(=O)O)OC(=O)CC[C@H](N)C(=O)O. The maximum atomic E-state index is 12.3. The Bertz CT molecular complexity index is 1330. The second-order valence-electron chi connectivity index (χ2n) is 19.9. The first-order chi connectivity index (χ1) is 34.3. The van der Waals surface area contributed by atoms with Gasteiger partial charge in [0, 0.05) is 32.1 Å². The van der Waals surface area contributed by atoms with Gasteiger partial charge in [-0.15, -0.1) is 0 Å². The minimum Gasteiger partial charge on any atom is -0.481 e. The molecule has 0 radical (unpaired) electrons. The van der Waals surface area contributed by atoms with Gasteiger partial charge in [-0.05, 0) is 77.0 Å². The number of carboxylic acids is 2. The number of aliphatic hydroxyl groups is 2. The van der Waals surface area contributed by atoms with Crippen molar-refractivity contribution < 1.29 is 68.1 Å². The summed E-state index contributed by atoms with van der Waals surface area (Å²) in [6, 6.07) is -1.11. The van der Waals surface area contributed by atoms with Crippen LogP contribution in [0, 0.1) is 0 Å². The zero-order valence-electron chi connectivity index (χ0n) is 44.7. The number of aliphatic carboxylic acids is 2. The van der Waals surface area contributed by atoms with Gasteiger partial charge in [-0.3, -0.25) is 28.8 Å². The molecule has 0 saturated carbocycles. The van der Waals surface area contributed by atoms with Crippen LogP contribution in [-0.2, 0) is 47.7 Å². The second-order valence-corrected chi connectivity index (χ2v) is 19.9. The molecule has 0 aliphatic heterocycles. The topological polar surface area (TPSA) is 246 Å². The van der Waals surface area contributed by atoms with E-state index in [2.05, 4.69) is 13.8 Å². The lowest BCUT2D eigenvalue weighted by Crippen LogP contribution is -2.33. The molecule has 15 heteroatoms. The zero-order chi connectivity index (χ0) is 52.6. The van der Waals surface area contributed by atoms with E-state index in [-0.39, 0.29) is 44.0 Å². The summed E-state index contributed by atoms with van der Waals surface area (Å²) in [7, 11) is 0. The number of ether oxygens (including phenoxy) is 4. The molecule has 15 nitrogen and oxygen atoms in total. The van der Waals surface area contributed by atoms with Crippen LogP contribution in [0.2, 0.25) is 0 Å². The highest BCUT2D eigenvalue weighted by Crippen LogP contribution is 2.21. The third-order valence-electron chi connectivity index (χ3n) is 13.2. The number of hydrogen-bond donors (Lipinski definition) is 5. The summed E-state index contributed by atoms with van der Waals surface area (Å²) in [4.78, 5) is 70.5. The minimum absolute atomic E-state index is 0.00178. The summed E-state index contributed by atoms with van der Waals surface area (Å²) < 4.78 is 22.0. The van der Waals surface area contributed by atoms with E-state index in [0.29, 0.717) is 51.7 Å². The molecule has 5 atom stereocenters. The molecule has 0 saturated heterocycles. The van der Waals surface area contributed by atoms with Gasteiger partial charge in [0.25, 0.3) is 0 Å². The lowest BCUT2D eigenvalue weighted by atomic mass is 9.99. The van der Waals surface area contributed by atoms with Crippen molar-refractivity contribution in [3.8, 4) is 0 Å². The smallest absolute Gasteiger partial charge is 0.320 e. The Hall–Kier alpha value is -3.30. The van der Waals surface area contributed by atoms with Gasteiger partial charge in [0.2, 0.25) is 0 Å². The van der Waals surface area contributed by atoms with Gasteiger partial charge in [-0.2, -0.15) is 0 Å². The molecule has 0 aliphatic rings. The van der Waals surface area contributed by atoms with Crippen LogP contribution >= 0.6 is 0 Å². The Labute approximate surface area is 429 Å². The normalized spacial score (nSPS) is 13.5. The van der Waals surface area contributed by atoms with Gasteiger partial charge in [0.05, 0.1) is 25.4 Å².